The number of nitrogens with one attached hydrogen (secondary N) is 1. The van der Waals surface area contributed by atoms with Gasteiger partial charge in [0.05, 0.1) is 13.2 Å². The Hall–Kier alpha value is 0.0700. The highest BCUT2D eigenvalue weighted by Gasteiger charge is 2.26. The third-order valence-electron chi connectivity index (χ3n) is 6.02. The molecule has 6 heteroatoms. The van der Waals surface area contributed by atoms with E-state index in [1.807, 2.05) is 0 Å². The van der Waals surface area contributed by atoms with E-state index in [0.717, 1.165) is 32.5 Å². The average Bonchev–Trinajstić information content (AvgIpc) is 2.85. The van der Waals surface area contributed by atoms with Crippen LogP contribution in [0.25, 0.3) is 0 Å². The van der Waals surface area contributed by atoms with Crippen LogP contribution in [-0.2, 0) is 13.6 Å². The van der Waals surface area contributed by atoms with Crippen LogP contribution in [0.15, 0.2) is 0 Å². The average molecular weight is 505 g/mol. The normalized spacial score (nSPS) is 14.8. The molecule has 5 nitrogen and oxygen atoms in total. The lowest BCUT2D eigenvalue weighted by Crippen LogP contribution is -2.32. The van der Waals surface area contributed by atoms with E-state index in [-0.39, 0.29) is 43.4 Å². The van der Waals surface area contributed by atoms with Crippen LogP contribution in [0.2, 0.25) is 0 Å². The molecule has 0 aliphatic heterocycles. The molecule has 1 N–H and O–H groups in total. The van der Waals surface area contributed by atoms with Crippen LogP contribution >= 0.6 is 7.75 Å². The maximum atomic E-state index is 13.5. The summed E-state index contributed by atoms with van der Waals surface area (Å²) in [7, 11) is -3.47. The lowest BCUT2D eigenvalue weighted by molar-refractivity contribution is 0.150. The summed E-state index contributed by atoms with van der Waals surface area (Å²) >= 11 is 0. The third-order valence-corrected chi connectivity index (χ3v) is 7.61. The summed E-state index contributed by atoms with van der Waals surface area (Å²) in [5.41, 5.74) is 0. The number of likely N-dealkylation sites (N-methyl/N-ethyl adjacent to an activating group) is 1. The summed E-state index contributed by atoms with van der Waals surface area (Å²) in [6.45, 7) is 12.7. The van der Waals surface area contributed by atoms with Crippen molar-refractivity contribution in [3.63, 3.8) is 0 Å². The van der Waals surface area contributed by atoms with Crippen LogP contribution in [0.4, 0.5) is 0 Å². The van der Waals surface area contributed by atoms with E-state index in [0.29, 0.717) is 19.1 Å². The molecule has 0 aromatic heterocycles. The van der Waals surface area contributed by atoms with Gasteiger partial charge in [-0.1, -0.05) is 106 Å². The van der Waals surface area contributed by atoms with Gasteiger partial charge in [-0.2, -0.15) is 0 Å². The minimum absolute atomic E-state index is 0. The Morgan fingerprint density at radius 1 is 0.844 bits per heavy atom. The predicted octanol–water partition coefficient (Wildman–Crippen LogP) is 11.0. The van der Waals surface area contributed by atoms with Gasteiger partial charge in [-0.25, -0.2) is 9.65 Å². The van der Waals surface area contributed by atoms with E-state index in [9.17, 15) is 4.57 Å². The minimum Gasteiger partial charge on any atom is -0.303 e. The van der Waals surface area contributed by atoms with Crippen molar-refractivity contribution >= 4 is 7.75 Å². The van der Waals surface area contributed by atoms with E-state index in [2.05, 4.69) is 37.7 Å². The van der Waals surface area contributed by atoms with Crippen LogP contribution in [0.5, 0.6) is 0 Å². The second-order valence-electron chi connectivity index (χ2n) is 9.16. The summed E-state index contributed by atoms with van der Waals surface area (Å²) in [5, 5.41) is 3.07. The van der Waals surface area contributed by atoms with Gasteiger partial charge in [0.25, 0.3) is 0 Å². The lowest BCUT2D eigenvalue weighted by atomic mass is 9.95. The van der Waals surface area contributed by atoms with Gasteiger partial charge in [-0.05, 0) is 37.8 Å². The fraction of sp³-hybridized carbons (Fsp3) is 1.00. The predicted molar refractivity (Wildman–Crippen MR) is 166 cm³/mol. The molecule has 0 aliphatic rings. The van der Waals surface area contributed by atoms with Crippen molar-refractivity contribution in [2.75, 3.05) is 39.4 Å². The van der Waals surface area contributed by atoms with E-state index >= 15 is 0 Å². The van der Waals surface area contributed by atoms with Crippen LogP contribution in [0.1, 0.15) is 138 Å². The van der Waals surface area contributed by atoms with Gasteiger partial charge in [-0.3, -0.25) is 9.05 Å². The number of hydrogen-bond acceptors (Lipinski definition) is 4. The molecule has 0 spiro atoms. The highest BCUT2D eigenvalue weighted by Crippen LogP contribution is 2.44. The van der Waals surface area contributed by atoms with Gasteiger partial charge in [0.2, 0.25) is 0 Å². The van der Waals surface area contributed by atoms with Crippen molar-refractivity contribution in [3.05, 3.63) is 0 Å². The molecule has 1 atom stereocenters. The lowest BCUT2D eigenvalue weighted by Gasteiger charge is -2.25. The maximum Gasteiger partial charge on any atom is 0.405 e. The number of unbranched alkanes of at least 4 members (excludes halogenated alkanes) is 8. The number of rotatable bonds is 24. The van der Waals surface area contributed by atoms with Crippen molar-refractivity contribution in [1.82, 2.24) is 9.99 Å². The van der Waals surface area contributed by atoms with Gasteiger partial charge in [0, 0.05) is 33.0 Å². The largest absolute Gasteiger partial charge is 0.405 e. The summed E-state index contributed by atoms with van der Waals surface area (Å²) in [4.78, 5) is 2.27. The molecule has 0 bridgehead atoms. The highest BCUT2D eigenvalue weighted by atomic mass is 31.2. The standard InChI is InChI=1S/C26H57N2O3P.12H2/c1-7-11-13-15-17-19-26(20-18-16-14-12-8-2)24-31-32(29,30-23-25(5)6)27-21-22-28(9-3)10-4;;;;;;;;;;;;/h25-26H,7-24H2,1-6H3,(H,27,29);12*1H/i5T,6T;;;;;;;;;;;;. The fourth-order valence-electron chi connectivity index (χ4n) is 3.80. The second-order valence-corrected chi connectivity index (χ2v) is 11.0. The number of hydrogen-bond donors (Lipinski definition) is 1. The topological polar surface area (TPSA) is 50.8 Å². The zero-order valence-electron chi connectivity index (χ0n) is 23.9. The Morgan fingerprint density at radius 3 is 1.88 bits per heavy atom. The minimum atomic E-state index is -3.47. The van der Waals surface area contributed by atoms with Crippen molar-refractivity contribution in [2.24, 2.45) is 11.8 Å². The molecule has 32 heavy (non-hydrogen) atoms. The number of nitrogens with zero attached hydrogens (tertiary/aromatic N) is 1. The van der Waals surface area contributed by atoms with Gasteiger partial charge in [-0.15, -0.1) is 0 Å². The maximum absolute atomic E-state index is 13.5. The molecule has 0 saturated carbocycles. The first-order valence-electron chi connectivity index (χ1n) is 14.8. The Kier molecular flexibility index (Phi) is 19.1. The Balaban J connectivity index is -0.0000000825. The van der Waals surface area contributed by atoms with Crippen molar-refractivity contribution in [2.45, 2.75) is 119 Å². The van der Waals surface area contributed by atoms with Crippen molar-refractivity contribution in [1.29, 1.82) is 0 Å². The Bertz CT molecular complexity index is 497. The molecule has 0 rings (SSSR count). The summed E-state index contributed by atoms with van der Waals surface area (Å²) in [6.07, 6.45) is 14.8. The quantitative estimate of drug-likeness (QED) is 0.105. The molecule has 0 heterocycles. The molecule has 0 saturated heterocycles. The van der Waals surface area contributed by atoms with Crippen molar-refractivity contribution < 1.29 is 33.5 Å². The molecule has 1 unspecified atom stereocenters. The third kappa shape index (κ3) is 18.5. The summed E-state index contributed by atoms with van der Waals surface area (Å²) < 4.78 is 40.5. The first-order chi connectivity index (χ1) is 16.5. The summed E-state index contributed by atoms with van der Waals surface area (Å²) in [6, 6.07) is 0. The Morgan fingerprint density at radius 2 is 1.38 bits per heavy atom. The molecule has 0 aromatic rings. The van der Waals surface area contributed by atoms with Crippen LogP contribution in [0.3, 0.4) is 0 Å². The highest BCUT2D eigenvalue weighted by molar-refractivity contribution is 7.51. The Labute approximate surface area is 222 Å². The zero-order valence-corrected chi connectivity index (χ0v) is 22.8. The first kappa shape index (κ1) is 28.3. The van der Waals surface area contributed by atoms with Gasteiger partial charge < -0.3 is 4.90 Å². The van der Waals surface area contributed by atoms with E-state index < -0.39 is 7.75 Å². The first-order valence-corrected chi connectivity index (χ1v) is 15.0. The van der Waals surface area contributed by atoms with Gasteiger partial charge >= 0.3 is 7.75 Å². The van der Waals surface area contributed by atoms with Crippen LogP contribution in [0, 0.1) is 11.8 Å². The van der Waals surface area contributed by atoms with E-state index in [1.165, 1.54) is 64.2 Å². The van der Waals surface area contributed by atoms with E-state index in [4.69, 9.17) is 11.8 Å². The van der Waals surface area contributed by atoms with Crippen LogP contribution < -0.4 is 5.09 Å². The summed E-state index contributed by atoms with van der Waals surface area (Å²) in [5.74, 6) is 0.155. The second kappa shape index (κ2) is 21.6. The monoisotopic (exact) mass is 505 g/mol. The van der Waals surface area contributed by atoms with Gasteiger partial charge in [0.1, 0.15) is 0 Å². The van der Waals surface area contributed by atoms with Crippen molar-refractivity contribution in [3.8, 4) is 0 Å². The van der Waals surface area contributed by atoms with E-state index in [1.54, 1.807) is 0 Å². The molecule has 0 amide bonds. The van der Waals surface area contributed by atoms with Gasteiger partial charge in [0.15, 0.2) is 0 Å². The molecule has 0 aliphatic carbocycles. The molecular weight excluding hydrogens is 419 g/mol. The molecule has 0 radical (unpaired) electrons. The smallest absolute Gasteiger partial charge is 0.303 e. The van der Waals surface area contributed by atoms with Crippen LogP contribution in [-0.4, -0.2) is 44.3 Å². The SMILES string of the molecule is [3H]CC(C[3H])COP(=O)(NCCN(CC)CC)OCC(CCCCCCC)CCCCCCC.[HH].[HH].[HH].[HH].[HH].[HH].[HH].[HH].[HH].[HH].[HH].[HH]. The zero-order chi connectivity index (χ0) is 25.5. The molecule has 218 valence electrons. The molecular formula is C26H81N2O3P. The molecule has 0 fully saturated rings. The fourth-order valence-corrected chi connectivity index (χ4v) is 5.25. The molecule has 0 aromatic carbocycles.